The van der Waals surface area contributed by atoms with Gasteiger partial charge in [0.2, 0.25) is 0 Å². The lowest BCUT2D eigenvalue weighted by Gasteiger charge is -2.74. The molecule has 7 fully saturated rings. The van der Waals surface area contributed by atoms with Gasteiger partial charge in [-0.2, -0.15) is 0 Å². The molecule has 13 rings (SSSR count). The van der Waals surface area contributed by atoms with Crippen LogP contribution in [0.1, 0.15) is 203 Å². The molecule has 0 radical (unpaired) electrons. The highest BCUT2D eigenvalue weighted by Gasteiger charge is 2.77. The molecule has 0 amide bonds. The maximum atomic E-state index is 15.8. The molecule has 5 heterocycles. The van der Waals surface area contributed by atoms with E-state index in [1.807, 2.05) is 20.9 Å². The number of rotatable bonds is 10. The van der Waals surface area contributed by atoms with Crippen molar-refractivity contribution < 1.29 is 44.3 Å². The molecule has 5 saturated carbocycles. The van der Waals surface area contributed by atoms with E-state index >= 15 is 9.59 Å². The number of ketones is 2. The maximum Gasteiger partial charge on any atom is 0.160 e. The molecule has 12 nitrogen and oxygen atoms in total. The number of nitrogens with one attached hydrogen (secondary N) is 2. The number of carbonyl (C=O) groups is 3. The summed E-state index contributed by atoms with van der Waals surface area (Å²) in [5.41, 5.74) is 4.83. The number of hydrogen-bond donors (Lipinski definition) is 6. The average Bonchev–Trinajstić information content (AvgIpc) is 1.91. The molecule has 16 atom stereocenters. The molecule has 2 saturated heterocycles. The van der Waals surface area contributed by atoms with E-state index in [2.05, 4.69) is 74.0 Å². The lowest BCUT2D eigenvalue weighted by molar-refractivity contribution is -0.262. The van der Waals surface area contributed by atoms with Gasteiger partial charge in [-0.05, 0) is 190 Å². The minimum absolute atomic E-state index is 0.0516. The smallest absolute Gasteiger partial charge is 0.160 e. The zero-order valence-electron chi connectivity index (χ0n) is 48.2. The van der Waals surface area contributed by atoms with Crippen molar-refractivity contribution in [3.8, 4) is 0 Å². The highest BCUT2D eigenvalue weighted by Crippen LogP contribution is 2.80. The maximum absolute atomic E-state index is 15.8. The number of fused-ring (bicyclic) bond motifs is 8. The van der Waals surface area contributed by atoms with Crippen LogP contribution in [0.2, 0.25) is 0 Å². The Kier molecular flexibility index (Phi) is 12.6. The molecule has 16 unspecified atom stereocenters. The Balaban J connectivity index is 1.00. The van der Waals surface area contributed by atoms with Gasteiger partial charge < -0.3 is 49.6 Å². The average molecular weight is 1070 g/mol. The van der Waals surface area contributed by atoms with Crippen LogP contribution in [0.5, 0.6) is 0 Å². The molecular weight excluding hydrogens is 979 g/mol. The van der Waals surface area contributed by atoms with Gasteiger partial charge in [0.25, 0.3) is 0 Å². The second kappa shape index (κ2) is 18.3. The van der Waals surface area contributed by atoms with Crippen molar-refractivity contribution in [1.29, 1.82) is 0 Å². The molecule has 6 N–H and O–H groups in total. The van der Waals surface area contributed by atoms with Crippen molar-refractivity contribution in [3.63, 3.8) is 0 Å². The fraction of sp³-hybridized carbons (Fsp3) is 0.742. The predicted octanol–water partition coefficient (Wildman–Crippen LogP) is 9.82. The molecule has 12 heteroatoms. The van der Waals surface area contributed by atoms with Gasteiger partial charge in [-0.15, -0.1) is 0 Å². The monoisotopic (exact) mass is 1070 g/mol. The molecule has 78 heavy (non-hydrogen) atoms. The predicted molar refractivity (Wildman–Crippen MR) is 299 cm³/mol. The van der Waals surface area contributed by atoms with E-state index in [4.69, 9.17) is 9.47 Å². The van der Waals surface area contributed by atoms with E-state index in [1.54, 1.807) is 0 Å². The normalized spacial score (nSPS) is 42.2. The van der Waals surface area contributed by atoms with Crippen LogP contribution >= 0.6 is 0 Å². The number of aliphatic hydroxyl groups excluding tert-OH is 3. The molecule has 3 aromatic rings. The van der Waals surface area contributed by atoms with Crippen molar-refractivity contribution in [2.45, 2.75) is 224 Å². The zero-order chi connectivity index (χ0) is 54.9. The number of hydrogen-bond acceptors (Lipinski definition) is 10. The molecule has 2 aromatic heterocycles. The number of ether oxygens (including phenoxy) is 2. The summed E-state index contributed by atoms with van der Waals surface area (Å²) in [6.45, 7) is 17.6. The van der Waals surface area contributed by atoms with Crippen molar-refractivity contribution in [1.82, 2.24) is 14.9 Å². The van der Waals surface area contributed by atoms with Gasteiger partial charge in [0.1, 0.15) is 18.2 Å². The van der Waals surface area contributed by atoms with Gasteiger partial charge in [-0.1, -0.05) is 59.6 Å². The first-order valence-corrected chi connectivity index (χ1v) is 30.8. The molecule has 0 bridgehead atoms. The van der Waals surface area contributed by atoms with Crippen LogP contribution in [0.4, 0.5) is 0 Å². The summed E-state index contributed by atoms with van der Waals surface area (Å²) in [5, 5.41) is 54.2. The zero-order valence-corrected chi connectivity index (χ0v) is 48.2. The van der Waals surface area contributed by atoms with Crippen molar-refractivity contribution in [3.05, 3.63) is 69.1 Å². The van der Waals surface area contributed by atoms with E-state index in [0.717, 1.165) is 89.2 Å². The summed E-state index contributed by atoms with van der Waals surface area (Å²) >= 11 is 0. The molecule has 7 aliphatic carbocycles. The van der Waals surface area contributed by atoms with E-state index in [9.17, 15) is 25.2 Å². The summed E-state index contributed by atoms with van der Waals surface area (Å²) in [5.74, 6) is -0.178. The van der Waals surface area contributed by atoms with E-state index < -0.39 is 73.8 Å². The lowest BCUT2D eigenvalue weighted by Crippen LogP contribution is -2.72. The Morgan fingerprint density at radius 2 is 1.67 bits per heavy atom. The Hall–Kier alpha value is -3.49. The fourth-order valence-corrected chi connectivity index (χ4v) is 21.2. The number of nitrogens with zero attached hydrogens (tertiary/aromatic N) is 1. The van der Waals surface area contributed by atoms with Crippen molar-refractivity contribution in [2.24, 2.45) is 56.2 Å². The summed E-state index contributed by atoms with van der Waals surface area (Å²) in [4.78, 5) is 48.8. The number of aldehydes is 1. The highest BCUT2D eigenvalue weighted by molar-refractivity contribution is 6.02. The SMILES string of the molecule is CNCCC1(C)C(=O)CC2(CCC(O)C2)C2(C)C1CCC1(C)C2C(O)C2Cn3cc(C(C=O)c4cc5c(c(C6(O)CCOCC6)c4)CCC4CCCCC54)c4[nH]cc(c43)CCC(C)(CC(O)C3OC3(C)C)C3=C2C1(C)CC3=O. The number of Topliss-reactive ketones (excluding diaryl/α,β-unsaturated/α-hetero) is 2. The van der Waals surface area contributed by atoms with Gasteiger partial charge in [0.05, 0.1) is 46.5 Å². The quantitative estimate of drug-likeness (QED) is 0.0843. The molecular formula is C66H91N3O9. The van der Waals surface area contributed by atoms with E-state index in [1.165, 1.54) is 30.4 Å². The van der Waals surface area contributed by atoms with Gasteiger partial charge >= 0.3 is 0 Å². The summed E-state index contributed by atoms with van der Waals surface area (Å²) in [7, 11) is 1.95. The number of aliphatic hydroxyl groups is 4. The molecule has 3 aliphatic heterocycles. The Labute approximate surface area is 462 Å². The van der Waals surface area contributed by atoms with Crippen LogP contribution in [0, 0.1) is 56.2 Å². The Bertz CT molecular complexity index is 2980. The number of aryl methyl sites for hydroxylation is 1. The van der Waals surface area contributed by atoms with Crippen molar-refractivity contribution in [2.75, 3.05) is 26.8 Å². The van der Waals surface area contributed by atoms with Gasteiger partial charge in [-0.25, -0.2) is 0 Å². The highest BCUT2D eigenvalue weighted by atomic mass is 16.6. The van der Waals surface area contributed by atoms with E-state index in [0.29, 0.717) is 102 Å². The Morgan fingerprint density at radius 3 is 2.37 bits per heavy atom. The summed E-state index contributed by atoms with van der Waals surface area (Å²) in [6.07, 6.45) is 16.9. The standard InChI is InChI=1S/C66H91N3O9/c1-59(2)58(78-59)49(73)30-60(3)18-15-38-33-68-54-44(46(36-70)39-27-43-41-12-10-9-11-37(41)13-14-42(43)47(28-39)66(76)22-25-77-26-23-66)34-69(55(38)54)35-45-52-53(60)48(72)31-63(52,6)62(5)19-17-50-61(4,21-24-67-8)51(74)32-65(20-16-40(71)29-65)64(50,7)57(62)56(45)75/h27-28,33-34,36-37,40-41,45-46,49-50,56-58,67-68,71,73,75-76H,9-26,29-32,35H2,1-8H3. The van der Waals surface area contributed by atoms with Crippen LogP contribution in [0.15, 0.2) is 35.7 Å². The number of allylic oxidation sites excluding steroid dienone is 1. The first kappa shape index (κ1) is 53.8. The van der Waals surface area contributed by atoms with Crippen LogP contribution in [0.3, 0.4) is 0 Å². The number of aromatic nitrogens is 2. The van der Waals surface area contributed by atoms with Crippen LogP contribution < -0.4 is 5.32 Å². The second-order valence-electron chi connectivity index (χ2n) is 29.5. The van der Waals surface area contributed by atoms with Gasteiger partial charge in [0, 0.05) is 85.7 Å². The number of benzene rings is 1. The molecule has 10 aliphatic rings. The topological polar surface area (TPSA) is 187 Å². The largest absolute Gasteiger partial charge is 0.393 e. The number of H-pyrrole nitrogens is 1. The number of epoxide rings is 1. The van der Waals surface area contributed by atoms with Crippen LogP contribution in [-0.4, -0.2) is 105 Å². The minimum Gasteiger partial charge on any atom is -0.393 e. The third kappa shape index (κ3) is 7.42. The lowest BCUT2D eigenvalue weighted by atomic mass is 9.30. The minimum atomic E-state index is -1.05. The molecule has 424 valence electrons. The first-order chi connectivity index (χ1) is 37.0. The molecule has 1 aromatic carbocycles. The first-order valence-electron chi connectivity index (χ1n) is 30.8. The second-order valence-corrected chi connectivity index (χ2v) is 29.5. The fourth-order valence-electron chi connectivity index (χ4n) is 21.2. The number of carbonyl (C=O) groups excluding carboxylic acids is 3. The van der Waals surface area contributed by atoms with Gasteiger partial charge in [-0.3, -0.25) is 9.59 Å². The third-order valence-corrected chi connectivity index (χ3v) is 25.4. The van der Waals surface area contributed by atoms with Crippen LogP contribution in [-0.2, 0) is 48.8 Å². The summed E-state index contributed by atoms with van der Waals surface area (Å²) in [6, 6.07) is 4.50. The summed E-state index contributed by atoms with van der Waals surface area (Å²) < 4.78 is 14.3. The Morgan fingerprint density at radius 1 is 0.910 bits per heavy atom. The van der Waals surface area contributed by atoms with Crippen molar-refractivity contribution >= 4 is 28.9 Å². The van der Waals surface area contributed by atoms with E-state index in [-0.39, 0.29) is 29.5 Å². The molecule has 1 spiro atoms. The third-order valence-electron chi connectivity index (χ3n) is 25.4. The number of aromatic amines is 1. The van der Waals surface area contributed by atoms with Gasteiger partial charge in [0.15, 0.2) is 5.78 Å². The van der Waals surface area contributed by atoms with Crippen LogP contribution in [0.25, 0.3) is 11.0 Å².